The molecule has 3 amide bonds. The summed E-state index contributed by atoms with van der Waals surface area (Å²) in [4.78, 5) is 37.7. The molecule has 0 aromatic rings. The van der Waals surface area contributed by atoms with Crippen LogP contribution in [0.25, 0.3) is 0 Å². The number of imide groups is 1. The number of rotatable bonds is 3. The quantitative estimate of drug-likeness (QED) is 0.611. The van der Waals surface area contributed by atoms with E-state index < -0.39 is 0 Å². The molecule has 0 radical (unpaired) electrons. The van der Waals surface area contributed by atoms with Crippen molar-refractivity contribution in [2.24, 2.45) is 5.92 Å². The first-order valence-corrected chi connectivity index (χ1v) is 7.06. The zero-order valence-corrected chi connectivity index (χ0v) is 12.0. The lowest BCUT2D eigenvalue weighted by Crippen LogP contribution is -3.17. The van der Waals surface area contributed by atoms with Gasteiger partial charge in [0.1, 0.15) is 0 Å². The maximum atomic E-state index is 12.3. The zero-order valence-electron chi connectivity index (χ0n) is 12.0. The number of amides is 3. The highest BCUT2D eigenvalue weighted by Gasteiger charge is 2.37. The molecule has 7 heteroatoms. The predicted octanol–water partition coefficient (Wildman–Crippen LogP) is -1.61. The van der Waals surface area contributed by atoms with Crippen LogP contribution in [0.1, 0.15) is 19.8 Å². The third kappa shape index (κ3) is 2.92. The Hall–Kier alpha value is -1.63. The minimum Gasteiger partial charge on any atom is -0.469 e. The van der Waals surface area contributed by atoms with Crippen molar-refractivity contribution in [1.29, 1.82) is 0 Å². The van der Waals surface area contributed by atoms with E-state index in [1.165, 1.54) is 12.0 Å². The zero-order chi connectivity index (χ0) is 14.7. The number of ether oxygens (including phenoxy) is 1. The van der Waals surface area contributed by atoms with E-state index in [9.17, 15) is 14.4 Å². The molecule has 0 aromatic heterocycles. The summed E-state index contributed by atoms with van der Waals surface area (Å²) in [7, 11) is 1.40. The van der Waals surface area contributed by atoms with Gasteiger partial charge in [0.05, 0.1) is 26.1 Å². The monoisotopic (exact) mass is 284 g/mol. The normalized spacial score (nSPS) is 27.9. The van der Waals surface area contributed by atoms with E-state index in [4.69, 9.17) is 4.74 Å². The highest BCUT2D eigenvalue weighted by atomic mass is 16.5. The molecule has 7 nitrogen and oxygen atoms in total. The van der Waals surface area contributed by atoms with Crippen molar-refractivity contribution in [2.45, 2.75) is 25.8 Å². The third-order valence-corrected chi connectivity index (χ3v) is 4.27. The van der Waals surface area contributed by atoms with Crippen molar-refractivity contribution in [3.8, 4) is 0 Å². The summed E-state index contributed by atoms with van der Waals surface area (Å²) in [6.45, 7) is 4.32. The van der Waals surface area contributed by atoms with Gasteiger partial charge >= 0.3 is 12.0 Å². The number of nitrogens with one attached hydrogen (secondary N) is 2. The van der Waals surface area contributed by atoms with Gasteiger partial charge in [-0.1, -0.05) is 0 Å². The maximum Gasteiger partial charge on any atom is 0.324 e. The molecule has 0 saturated carbocycles. The minimum absolute atomic E-state index is 0.0545. The molecule has 2 heterocycles. The number of nitrogens with zero attached hydrogens (tertiary/aromatic N) is 1. The lowest BCUT2D eigenvalue weighted by atomic mass is 9.96. The Labute approximate surface area is 118 Å². The van der Waals surface area contributed by atoms with Gasteiger partial charge in [-0.05, 0) is 6.92 Å². The van der Waals surface area contributed by atoms with Crippen LogP contribution in [0.15, 0.2) is 0 Å². The van der Waals surface area contributed by atoms with Crippen LogP contribution in [0.2, 0.25) is 0 Å². The van der Waals surface area contributed by atoms with Crippen LogP contribution in [-0.4, -0.2) is 62.1 Å². The van der Waals surface area contributed by atoms with E-state index in [0.29, 0.717) is 13.1 Å². The van der Waals surface area contributed by atoms with Crippen LogP contribution in [-0.2, 0) is 14.3 Å². The molecule has 0 unspecified atom stereocenters. The number of esters is 1. The fourth-order valence-corrected chi connectivity index (χ4v) is 2.91. The number of hydrogen-bond donors (Lipinski definition) is 2. The summed E-state index contributed by atoms with van der Waals surface area (Å²) in [5, 5.41) is 2.63. The molecule has 2 fully saturated rings. The van der Waals surface area contributed by atoms with E-state index in [2.05, 4.69) is 5.32 Å². The number of hydrogen-bond acceptors (Lipinski definition) is 4. The molecule has 2 N–H and O–H groups in total. The van der Waals surface area contributed by atoms with Gasteiger partial charge in [-0.3, -0.25) is 14.5 Å². The Morgan fingerprint density at radius 2 is 2.05 bits per heavy atom. The second-order valence-corrected chi connectivity index (χ2v) is 5.40. The van der Waals surface area contributed by atoms with Gasteiger partial charge in [0, 0.05) is 25.9 Å². The standard InChI is InChI=1S/C13H21N3O4/c1-9(11(17)16-8-5-14-13(16)19)15-6-3-10(4-7-15)12(18)20-2/h9-10H,3-8H2,1-2H3,(H,14,19)/p+1/t9-/m0/s1. The van der Waals surface area contributed by atoms with E-state index >= 15 is 0 Å². The number of carbonyl (C=O) groups excluding carboxylic acids is 3. The Morgan fingerprint density at radius 1 is 1.40 bits per heavy atom. The Kier molecular flexibility index (Phi) is 4.59. The van der Waals surface area contributed by atoms with Crippen LogP contribution in [0.4, 0.5) is 4.79 Å². The molecule has 1 atom stereocenters. The Morgan fingerprint density at radius 3 is 2.55 bits per heavy atom. The SMILES string of the molecule is COC(=O)C1CC[NH+]([C@@H](C)C(=O)N2CCNC2=O)CC1. The molecule has 0 spiro atoms. The van der Waals surface area contributed by atoms with E-state index in [1.807, 2.05) is 6.92 Å². The van der Waals surface area contributed by atoms with Crippen molar-refractivity contribution in [1.82, 2.24) is 10.2 Å². The van der Waals surface area contributed by atoms with Crippen LogP contribution < -0.4 is 10.2 Å². The van der Waals surface area contributed by atoms with Crippen molar-refractivity contribution in [2.75, 3.05) is 33.3 Å². The topological polar surface area (TPSA) is 80.2 Å². The summed E-state index contributed by atoms with van der Waals surface area (Å²) < 4.78 is 4.75. The fraction of sp³-hybridized carbons (Fsp3) is 0.769. The lowest BCUT2D eigenvalue weighted by Gasteiger charge is -2.32. The van der Waals surface area contributed by atoms with E-state index in [0.717, 1.165) is 30.8 Å². The van der Waals surface area contributed by atoms with Crippen molar-refractivity contribution in [3.63, 3.8) is 0 Å². The first kappa shape index (κ1) is 14.8. The van der Waals surface area contributed by atoms with Crippen LogP contribution in [0.5, 0.6) is 0 Å². The molecule has 0 bridgehead atoms. The molecule has 0 aliphatic carbocycles. The summed E-state index contributed by atoms with van der Waals surface area (Å²) in [5.41, 5.74) is 0. The second-order valence-electron chi connectivity index (χ2n) is 5.40. The molecule has 2 rings (SSSR count). The van der Waals surface area contributed by atoms with Gasteiger partial charge in [0.25, 0.3) is 5.91 Å². The molecular weight excluding hydrogens is 262 g/mol. The molecule has 20 heavy (non-hydrogen) atoms. The van der Waals surface area contributed by atoms with E-state index in [1.54, 1.807) is 0 Å². The summed E-state index contributed by atoms with van der Waals surface area (Å²) in [6.07, 6.45) is 1.46. The molecular formula is C13H22N3O4+. The first-order valence-electron chi connectivity index (χ1n) is 7.06. The smallest absolute Gasteiger partial charge is 0.324 e. The average molecular weight is 284 g/mol. The predicted molar refractivity (Wildman–Crippen MR) is 70.0 cm³/mol. The summed E-state index contributed by atoms with van der Waals surface area (Å²) in [5.74, 6) is -0.352. The third-order valence-electron chi connectivity index (χ3n) is 4.27. The molecule has 2 aliphatic rings. The Bertz CT molecular complexity index is 404. The number of urea groups is 1. The van der Waals surface area contributed by atoms with Gasteiger partial charge in [0.2, 0.25) is 0 Å². The van der Waals surface area contributed by atoms with Gasteiger partial charge in [-0.15, -0.1) is 0 Å². The molecule has 112 valence electrons. The van der Waals surface area contributed by atoms with Crippen molar-refractivity contribution in [3.05, 3.63) is 0 Å². The highest BCUT2D eigenvalue weighted by molar-refractivity contribution is 5.97. The largest absolute Gasteiger partial charge is 0.469 e. The average Bonchev–Trinajstić information content (AvgIpc) is 2.91. The number of piperidine rings is 1. The summed E-state index contributed by atoms with van der Waals surface area (Å²) >= 11 is 0. The van der Waals surface area contributed by atoms with Gasteiger partial charge in [-0.25, -0.2) is 4.79 Å². The maximum absolute atomic E-state index is 12.3. The minimum atomic E-state index is -0.300. The number of likely N-dealkylation sites (tertiary alicyclic amines) is 1. The Balaban J connectivity index is 1.88. The summed E-state index contributed by atoms with van der Waals surface area (Å²) in [6, 6.07) is -0.553. The number of methoxy groups -OCH3 is 1. The molecule has 2 saturated heterocycles. The van der Waals surface area contributed by atoms with Gasteiger partial charge in [-0.2, -0.15) is 0 Å². The lowest BCUT2D eigenvalue weighted by molar-refractivity contribution is -0.920. The molecule has 2 aliphatic heterocycles. The van der Waals surface area contributed by atoms with Gasteiger partial charge < -0.3 is 15.0 Å². The highest BCUT2D eigenvalue weighted by Crippen LogP contribution is 2.11. The second kappa shape index (κ2) is 6.21. The fourth-order valence-electron chi connectivity index (χ4n) is 2.91. The van der Waals surface area contributed by atoms with Gasteiger partial charge in [0.15, 0.2) is 6.04 Å². The first-order chi connectivity index (χ1) is 9.54. The molecule has 0 aromatic carbocycles. The van der Waals surface area contributed by atoms with Crippen LogP contribution in [0.3, 0.4) is 0 Å². The number of carbonyl (C=O) groups is 3. The van der Waals surface area contributed by atoms with Crippen LogP contribution >= 0.6 is 0 Å². The number of quaternary nitrogens is 1. The van der Waals surface area contributed by atoms with Crippen LogP contribution in [0, 0.1) is 5.92 Å². The van der Waals surface area contributed by atoms with Crippen molar-refractivity contribution >= 4 is 17.9 Å². The van der Waals surface area contributed by atoms with Crippen molar-refractivity contribution < 1.29 is 24.0 Å². The van der Waals surface area contributed by atoms with E-state index in [-0.39, 0.29) is 29.9 Å².